The van der Waals surface area contributed by atoms with Gasteiger partial charge in [0.25, 0.3) is 0 Å². The Bertz CT molecular complexity index is 611. The number of nitrogens with zero attached hydrogens (tertiary/aromatic N) is 3. The molecule has 4 nitrogen and oxygen atoms in total. The van der Waals surface area contributed by atoms with Crippen LogP contribution < -0.4 is 5.32 Å². The molecule has 0 aliphatic heterocycles. The molecule has 0 atom stereocenters. The molecule has 5 heteroatoms. The van der Waals surface area contributed by atoms with Crippen LogP contribution in [0.3, 0.4) is 0 Å². The van der Waals surface area contributed by atoms with Crippen molar-refractivity contribution in [2.75, 3.05) is 0 Å². The minimum atomic E-state index is 0.0449. The minimum Gasteiger partial charge on any atom is -0.308 e. The van der Waals surface area contributed by atoms with E-state index in [4.69, 9.17) is 11.6 Å². The predicted molar refractivity (Wildman–Crippen MR) is 87.1 cm³/mol. The number of hydrogen-bond acceptors (Lipinski definition) is 3. The molecule has 0 aliphatic rings. The van der Waals surface area contributed by atoms with Crippen LogP contribution in [0, 0.1) is 0 Å². The second kappa shape index (κ2) is 6.16. The van der Waals surface area contributed by atoms with E-state index in [1.807, 2.05) is 18.3 Å². The van der Waals surface area contributed by atoms with Crippen molar-refractivity contribution in [3.05, 3.63) is 40.8 Å². The largest absolute Gasteiger partial charge is 0.308 e. The minimum absolute atomic E-state index is 0.0449. The summed E-state index contributed by atoms with van der Waals surface area (Å²) in [7, 11) is 0. The van der Waals surface area contributed by atoms with Crippen molar-refractivity contribution in [2.45, 2.75) is 52.6 Å². The van der Waals surface area contributed by atoms with E-state index < -0.39 is 0 Å². The zero-order chi connectivity index (χ0) is 15.6. The van der Waals surface area contributed by atoms with Crippen LogP contribution in [0.15, 0.2) is 24.5 Å². The summed E-state index contributed by atoms with van der Waals surface area (Å²) in [6.07, 6.45) is 3.62. The first kappa shape index (κ1) is 16.0. The Morgan fingerprint density at radius 2 is 2.05 bits per heavy atom. The Balaban J connectivity index is 2.25. The van der Waals surface area contributed by atoms with Gasteiger partial charge in [-0.3, -0.25) is 0 Å². The van der Waals surface area contributed by atoms with Gasteiger partial charge in [-0.15, -0.1) is 0 Å². The summed E-state index contributed by atoms with van der Waals surface area (Å²) in [5, 5.41) is 8.66. The van der Waals surface area contributed by atoms with Gasteiger partial charge in [-0.2, -0.15) is 5.10 Å². The smallest absolute Gasteiger partial charge is 0.153 e. The average molecular weight is 307 g/mol. The summed E-state index contributed by atoms with van der Waals surface area (Å²) in [4.78, 5) is 4.37. The first-order valence-electron chi connectivity index (χ1n) is 7.21. The lowest BCUT2D eigenvalue weighted by Crippen LogP contribution is -2.35. The van der Waals surface area contributed by atoms with Gasteiger partial charge >= 0.3 is 0 Å². The quantitative estimate of drug-likeness (QED) is 0.930. The molecule has 114 valence electrons. The molecule has 0 saturated heterocycles. The second-order valence-corrected chi connectivity index (χ2v) is 6.98. The molecule has 2 heterocycles. The monoisotopic (exact) mass is 306 g/mol. The van der Waals surface area contributed by atoms with Crippen LogP contribution in [0.25, 0.3) is 5.82 Å². The van der Waals surface area contributed by atoms with E-state index in [1.165, 1.54) is 0 Å². The fraction of sp³-hybridized carbons (Fsp3) is 0.500. The number of rotatable bonds is 4. The standard InChI is InChI=1S/C16H23ClN4/c1-11(2)14-6-7-21(20-14)15-8-12(13(17)10-18-15)9-19-16(3,4)5/h6-8,10-11,19H,9H2,1-5H3. The van der Waals surface area contributed by atoms with E-state index >= 15 is 0 Å². The Kier molecular flexibility index (Phi) is 4.69. The maximum absolute atomic E-state index is 6.24. The summed E-state index contributed by atoms with van der Waals surface area (Å²) in [5.41, 5.74) is 2.13. The first-order chi connectivity index (χ1) is 9.76. The van der Waals surface area contributed by atoms with Crippen LogP contribution in [-0.4, -0.2) is 20.3 Å². The highest BCUT2D eigenvalue weighted by Crippen LogP contribution is 2.19. The fourth-order valence-electron chi connectivity index (χ4n) is 1.86. The summed E-state index contributed by atoms with van der Waals surface area (Å²) in [6.45, 7) is 11.3. The van der Waals surface area contributed by atoms with Gasteiger partial charge in [0.2, 0.25) is 0 Å². The lowest BCUT2D eigenvalue weighted by atomic mass is 10.1. The number of nitrogens with one attached hydrogen (secondary N) is 1. The molecule has 0 unspecified atom stereocenters. The van der Waals surface area contributed by atoms with Crippen molar-refractivity contribution in [3.63, 3.8) is 0 Å². The number of aromatic nitrogens is 3. The fourth-order valence-corrected chi connectivity index (χ4v) is 2.03. The molecule has 0 saturated carbocycles. The number of halogens is 1. The molecular formula is C16H23ClN4. The normalized spacial score (nSPS) is 12.1. The second-order valence-electron chi connectivity index (χ2n) is 6.58. The molecule has 21 heavy (non-hydrogen) atoms. The molecule has 0 amide bonds. The van der Waals surface area contributed by atoms with E-state index in [-0.39, 0.29) is 5.54 Å². The van der Waals surface area contributed by atoms with Gasteiger partial charge in [0.1, 0.15) is 0 Å². The van der Waals surface area contributed by atoms with Gasteiger partial charge < -0.3 is 5.32 Å². The Morgan fingerprint density at radius 1 is 1.33 bits per heavy atom. The van der Waals surface area contributed by atoms with Crippen molar-refractivity contribution < 1.29 is 0 Å². The van der Waals surface area contributed by atoms with Gasteiger partial charge in [-0.1, -0.05) is 25.4 Å². The summed E-state index contributed by atoms with van der Waals surface area (Å²) < 4.78 is 1.80. The highest BCUT2D eigenvalue weighted by Gasteiger charge is 2.12. The zero-order valence-corrected chi connectivity index (χ0v) is 14.1. The summed E-state index contributed by atoms with van der Waals surface area (Å²) in [5.74, 6) is 1.19. The molecule has 2 aromatic heterocycles. The molecule has 0 spiro atoms. The van der Waals surface area contributed by atoms with Crippen LogP contribution in [0.5, 0.6) is 0 Å². The maximum atomic E-state index is 6.24. The van der Waals surface area contributed by atoms with E-state index in [1.54, 1.807) is 10.9 Å². The van der Waals surface area contributed by atoms with Crippen LogP contribution >= 0.6 is 11.6 Å². The molecule has 0 bridgehead atoms. The molecule has 0 fully saturated rings. The first-order valence-corrected chi connectivity index (χ1v) is 7.59. The van der Waals surface area contributed by atoms with E-state index in [9.17, 15) is 0 Å². The lowest BCUT2D eigenvalue weighted by molar-refractivity contribution is 0.424. The van der Waals surface area contributed by atoms with Gasteiger partial charge in [-0.25, -0.2) is 9.67 Å². The zero-order valence-electron chi connectivity index (χ0n) is 13.3. The van der Waals surface area contributed by atoms with Crippen molar-refractivity contribution in [2.24, 2.45) is 0 Å². The van der Waals surface area contributed by atoms with Gasteiger partial charge in [0.15, 0.2) is 5.82 Å². The third-order valence-electron chi connectivity index (χ3n) is 3.17. The summed E-state index contributed by atoms with van der Waals surface area (Å²) in [6, 6.07) is 4.01. The maximum Gasteiger partial charge on any atom is 0.153 e. The molecule has 0 aromatic carbocycles. The highest BCUT2D eigenvalue weighted by atomic mass is 35.5. The van der Waals surface area contributed by atoms with Crippen molar-refractivity contribution in [3.8, 4) is 5.82 Å². The number of hydrogen-bond donors (Lipinski definition) is 1. The molecular weight excluding hydrogens is 284 g/mol. The van der Waals surface area contributed by atoms with Crippen LogP contribution in [0.2, 0.25) is 5.02 Å². The average Bonchev–Trinajstić information content (AvgIpc) is 2.86. The SMILES string of the molecule is CC(C)c1ccn(-c2cc(CNC(C)(C)C)c(Cl)cn2)n1. The molecule has 0 aliphatic carbocycles. The Hall–Kier alpha value is -1.39. The van der Waals surface area contributed by atoms with Crippen LogP contribution in [-0.2, 0) is 6.54 Å². The molecule has 2 rings (SSSR count). The van der Waals surface area contributed by atoms with Crippen LogP contribution in [0.1, 0.15) is 51.8 Å². The van der Waals surface area contributed by atoms with Gasteiger partial charge in [-0.05, 0) is 44.4 Å². The van der Waals surface area contributed by atoms with E-state index in [0.29, 0.717) is 17.5 Å². The van der Waals surface area contributed by atoms with Crippen molar-refractivity contribution >= 4 is 11.6 Å². The topological polar surface area (TPSA) is 42.7 Å². The Labute approximate surface area is 131 Å². The van der Waals surface area contributed by atoms with Gasteiger partial charge in [0, 0.05) is 24.5 Å². The lowest BCUT2D eigenvalue weighted by Gasteiger charge is -2.21. The van der Waals surface area contributed by atoms with Crippen LogP contribution in [0.4, 0.5) is 0 Å². The summed E-state index contributed by atoms with van der Waals surface area (Å²) >= 11 is 6.24. The Morgan fingerprint density at radius 3 is 2.62 bits per heavy atom. The third kappa shape index (κ3) is 4.29. The third-order valence-corrected chi connectivity index (χ3v) is 3.51. The van der Waals surface area contributed by atoms with Crippen molar-refractivity contribution in [1.82, 2.24) is 20.1 Å². The number of pyridine rings is 1. The van der Waals surface area contributed by atoms with Gasteiger partial charge in [0.05, 0.1) is 10.7 Å². The van der Waals surface area contributed by atoms with E-state index in [0.717, 1.165) is 17.1 Å². The van der Waals surface area contributed by atoms with Crippen molar-refractivity contribution in [1.29, 1.82) is 0 Å². The van der Waals surface area contributed by atoms with E-state index in [2.05, 4.69) is 50.0 Å². The predicted octanol–water partition coefficient (Wildman–Crippen LogP) is 3.93. The highest BCUT2D eigenvalue weighted by molar-refractivity contribution is 6.31. The molecule has 1 N–H and O–H groups in total. The molecule has 2 aromatic rings. The molecule has 0 radical (unpaired) electrons.